The maximum Gasteiger partial charge on any atom is 0.142 e. The Balaban J connectivity index is 2.36. The average molecular weight is 376 g/mol. The third-order valence-corrected chi connectivity index (χ3v) is 4.11. The summed E-state index contributed by atoms with van der Waals surface area (Å²) in [4.78, 5) is 2.03. The molecule has 7 heteroatoms. The normalized spacial score (nSPS) is 12.9. The Labute approximate surface area is 136 Å². The molecule has 1 unspecified atom stereocenters. The first-order valence-corrected chi connectivity index (χ1v) is 7.64. The van der Waals surface area contributed by atoms with Crippen LogP contribution in [0.25, 0.3) is 0 Å². The van der Waals surface area contributed by atoms with Crippen LogP contribution in [-0.2, 0) is 6.54 Å². The molecule has 2 rings (SSSR count). The molecule has 2 N–H and O–H groups in total. The number of rotatable bonds is 5. The first-order chi connectivity index (χ1) is 9.91. The van der Waals surface area contributed by atoms with E-state index in [0.29, 0.717) is 27.3 Å². The van der Waals surface area contributed by atoms with E-state index < -0.39 is 6.04 Å². The predicted octanol–water partition coefficient (Wildman–Crippen LogP) is 3.05. The van der Waals surface area contributed by atoms with Gasteiger partial charge in [0.25, 0.3) is 0 Å². The minimum absolute atomic E-state index is 0.374. The molecule has 0 aliphatic rings. The number of nitrogens with zero attached hydrogens (tertiary/aromatic N) is 3. The molecule has 21 heavy (non-hydrogen) atoms. The van der Waals surface area contributed by atoms with Crippen molar-refractivity contribution in [2.45, 2.75) is 12.6 Å². The van der Waals surface area contributed by atoms with Gasteiger partial charge in [0.05, 0.1) is 34.0 Å². The second-order valence-corrected chi connectivity index (χ2v) is 6.29. The zero-order valence-corrected chi connectivity index (χ0v) is 14.2. The Morgan fingerprint density at radius 3 is 2.86 bits per heavy atom. The lowest BCUT2D eigenvalue weighted by Gasteiger charge is -2.18. The summed E-state index contributed by atoms with van der Waals surface area (Å²) in [7, 11) is 3.94. The maximum atomic E-state index is 14.2. The molecule has 0 saturated heterocycles. The molecule has 1 aromatic heterocycles. The number of benzene rings is 1. The molecule has 2 aromatic rings. The molecule has 1 heterocycles. The lowest BCUT2D eigenvalue weighted by Crippen LogP contribution is -2.24. The van der Waals surface area contributed by atoms with Gasteiger partial charge < -0.3 is 10.6 Å². The van der Waals surface area contributed by atoms with Gasteiger partial charge in [-0.2, -0.15) is 5.10 Å². The summed E-state index contributed by atoms with van der Waals surface area (Å²) < 4.78 is 16.3. The highest BCUT2D eigenvalue weighted by Crippen LogP contribution is 2.30. The van der Waals surface area contributed by atoms with Crippen LogP contribution in [0.15, 0.2) is 28.9 Å². The van der Waals surface area contributed by atoms with Crippen LogP contribution in [0.4, 0.5) is 4.39 Å². The van der Waals surface area contributed by atoms with Crippen LogP contribution in [0, 0.1) is 5.82 Å². The van der Waals surface area contributed by atoms with Crippen molar-refractivity contribution in [3.63, 3.8) is 0 Å². The van der Waals surface area contributed by atoms with Crippen molar-refractivity contribution < 1.29 is 4.39 Å². The van der Waals surface area contributed by atoms with E-state index in [-0.39, 0.29) is 5.82 Å². The van der Waals surface area contributed by atoms with Gasteiger partial charge in [-0.15, -0.1) is 0 Å². The van der Waals surface area contributed by atoms with Gasteiger partial charge in [0.15, 0.2) is 0 Å². The molecule has 0 aliphatic heterocycles. The highest BCUT2D eigenvalue weighted by atomic mass is 79.9. The SMILES string of the molecule is CN(C)CCn1ncc(Cl)c1C(N)c1cccc(Br)c1F. The smallest absolute Gasteiger partial charge is 0.142 e. The largest absolute Gasteiger partial charge is 0.319 e. The van der Waals surface area contributed by atoms with Crippen LogP contribution in [0.5, 0.6) is 0 Å². The molecular formula is C14H17BrClFN4. The summed E-state index contributed by atoms with van der Waals surface area (Å²) in [6.45, 7) is 1.43. The molecule has 0 spiro atoms. The molecule has 4 nitrogen and oxygen atoms in total. The fourth-order valence-corrected chi connectivity index (χ4v) is 2.70. The Hall–Kier alpha value is -0.950. The zero-order valence-electron chi connectivity index (χ0n) is 11.9. The summed E-state index contributed by atoms with van der Waals surface area (Å²) in [6.07, 6.45) is 1.54. The maximum absolute atomic E-state index is 14.2. The first kappa shape index (κ1) is 16.4. The molecular weight excluding hydrogens is 359 g/mol. The summed E-state index contributed by atoms with van der Waals surface area (Å²) in [5.74, 6) is -0.374. The molecule has 0 radical (unpaired) electrons. The molecule has 0 aliphatic carbocycles. The van der Waals surface area contributed by atoms with Gasteiger partial charge in [0, 0.05) is 12.1 Å². The lowest BCUT2D eigenvalue weighted by atomic mass is 10.0. The quantitative estimate of drug-likeness (QED) is 0.874. The Bertz CT molecular complexity index is 629. The van der Waals surface area contributed by atoms with Gasteiger partial charge in [-0.1, -0.05) is 23.7 Å². The summed E-state index contributed by atoms with van der Waals surface area (Å²) in [5, 5.41) is 4.68. The van der Waals surface area contributed by atoms with Crippen molar-refractivity contribution in [1.82, 2.24) is 14.7 Å². The van der Waals surface area contributed by atoms with Crippen molar-refractivity contribution in [3.8, 4) is 0 Å². The van der Waals surface area contributed by atoms with Crippen LogP contribution in [0.3, 0.4) is 0 Å². The number of nitrogens with two attached hydrogens (primary N) is 1. The van der Waals surface area contributed by atoms with Gasteiger partial charge >= 0.3 is 0 Å². The minimum atomic E-state index is -0.667. The number of aromatic nitrogens is 2. The first-order valence-electron chi connectivity index (χ1n) is 6.47. The molecule has 0 saturated carbocycles. The lowest BCUT2D eigenvalue weighted by molar-refractivity contribution is 0.367. The summed E-state index contributed by atoms with van der Waals surface area (Å²) in [6, 6.07) is 4.37. The monoisotopic (exact) mass is 374 g/mol. The molecule has 114 valence electrons. The van der Waals surface area contributed by atoms with E-state index in [2.05, 4.69) is 21.0 Å². The predicted molar refractivity (Wildman–Crippen MR) is 85.9 cm³/mol. The van der Waals surface area contributed by atoms with Crippen LogP contribution >= 0.6 is 27.5 Å². The number of likely N-dealkylation sites (N-methyl/N-ethyl adjacent to an activating group) is 1. The van der Waals surface area contributed by atoms with Crippen LogP contribution in [0.1, 0.15) is 17.3 Å². The molecule has 0 amide bonds. The highest BCUT2D eigenvalue weighted by molar-refractivity contribution is 9.10. The Morgan fingerprint density at radius 1 is 1.48 bits per heavy atom. The topological polar surface area (TPSA) is 47.1 Å². The molecule has 0 fully saturated rings. The second kappa shape index (κ2) is 6.87. The van der Waals surface area contributed by atoms with Crippen LogP contribution < -0.4 is 5.73 Å². The van der Waals surface area contributed by atoms with Crippen molar-refractivity contribution >= 4 is 27.5 Å². The standard InChI is InChI=1S/C14H17BrClFN4/c1-20(2)6-7-21-14(11(16)8-19-21)13(18)9-4-3-5-10(15)12(9)17/h3-5,8,13H,6-7,18H2,1-2H3. The molecule has 0 bridgehead atoms. The van der Waals surface area contributed by atoms with E-state index in [9.17, 15) is 4.39 Å². The third kappa shape index (κ3) is 3.63. The summed E-state index contributed by atoms with van der Waals surface area (Å²) in [5.41, 5.74) is 7.23. The minimum Gasteiger partial charge on any atom is -0.319 e. The van der Waals surface area contributed by atoms with Gasteiger partial charge in [-0.25, -0.2) is 4.39 Å². The van der Waals surface area contributed by atoms with Gasteiger partial charge in [0.2, 0.25) is 0 Å². The Morgan fingerprint density at radius 2 is 2.19 bits per heavy atom. The van der Waals surface area contributed by atoms with Crippen molar-refractivity contribution in [3.05, 3.63) is 51.0 Å². The number of halogens is 3. The fraction of sp³-hybridized carbons (Fsp3) is 0.357. The summed E-state index contributed by atoms with van der Waals surface area (Å²) >= 11 is 9.36. The van der Waals surface area contributed by atoms with Gasteiger partial charge in [-0.3, -0.25) is 4.68 Å². The van der Waals surface area contributed by atoms with Crippen molar-refractivity contribution in [2.24, 2.45) is 5.73 Å². The van der Waals surface area contributed by atoms with Crippen molar-refractivity contribution in [1.29, 1.82) is 0 Å². The molecule has 1 atom stereocenters. The second-order valence-electron chi connectivity index (χ2n) is 5.02. The van der Waals surface area contributed by atoms with Gasteiger partial charge in [-0.05, 0) is 36.1 Å². The van der Waals surface area contributed by atoms with Crippen LogP contribution in [-0.4, -0.2) is 35.3 Å². The average Bonchev–Trinajstić information content (AvgIpc) is 2.80. The zero-order chi connectivity index (χ0) is 15.6. The van der Waals surface area contributed by atoms with Gasteiger partial charge in [0.1, 0.15) is 5.82 Å². The molecule has 1 aromatic carbocycles. The number of hydrogen-bond donors (Lipinski definition) is 1. The Kier molecular flexibility index (Phi) is 5.37. The van der Waals surface area contributed by atoms with E-state index in [0.717, 1.165) is 6.54 Å². The van der Waals surface area contributed by atoms with E-state index in [1.165, 1.54) is 0 Å². The number of hydrogen-bond acceptors (Lipinski definition) is 3. The van der Waals surface area contributed by atoms with Crippen molar-refractivity contribution in [2.75, 3.05) is 20.6 Å². The third-order valence-electron chi connectivity index (χ3n) is 3.20. The van der Waals surface area contributed by atoms with E-state index >= 15 is 0 Å². The van der Waals surface area contributed by atoms with Crippen LogP contribution in [0.2, 0.25) is 5.02 Å². The van der Waals surface area contributed by atoms with E-state index in [4.69, 9.17) is 17.3 Å². The van der Waals surface area contributed by atoms with E-state index in [1.807, 2.05) is 19.0 Å². The highest BCUT2D eigenvalue weighted by Gasteiger charge is 2.22. The van der Waals surface area contributed by atoms with E-state index in [1.54, 1.807) is 29.1 Å². The fourth-order valence-electron chi connectivity index (χ4n) is 2.06.